The normalized spacial score (nSPS) is 11.4. The largest absolute Gasteiger partial charge is 0.495 e. The summed E-state index contributed by atoms with van der Waals surface area (Å²) < 4.78 is 38.2. The van der Waals surface area contributed by atoms with Gasteiger partial charge in [0.25, 0.3) is 5.91 Å². The molecule has 1 amide bonds. The van der Waals surface area contributed by atoms with E-state index in [0.717, 1.165) is 16.7 Å². The van der Waals surface area contributed by atoms with Crippen molar-refractivity contribution in [3.05, 3.63) is 47.0 Å². The van der Waals surface area contributed by atoms with E-state index in [-0.39, 0.29) is 23.2 Å². The average Bonchev–Trinajstić information content (AvgIpc) is 2.62. The fraction of sp³-hybridized carbons (Fsp3) is 0.381. The summed E-state index contributed by atoms with van der Waals surface area (Å²) in [6.07, 6.45) is 0. The Morgan fingerprint density at radius 1 is 1.07 bits per heavy atom. The molecule has 0 aliphatic carbocycles. The van der Waals surface area contributed by atoms with Crippen molar-refractivity contribution in [2.24, 2.45) is 0 Å². The van der Waals surface area contributed by atoms with Crippen LogP contribution in [0.2, 0.25) is 0 Å². The van der Waals surface area contributed by atoms with Gasteiger partial charge in [-0.2, -0.15) is 0 Å². The van der Waals surface area contributed by atoms with E-state index in [9.17, 15) is 13.2 Å². The number of hydrogen-bond donors (Lipinski definition) is 2. The van der Waals surface area contributed by atoms with Gasteiger partial charge in [-0.25, -0.2) is 13.1 Å². The van der Waals surface area contributed by atoms with Crippen molar-refractivity contribution >= 4 is 21.6 Å². The average molecular weight is 421 g/mol. The Morgan fingerprint density at radius 3 is 2.38 bits per heavy atom. The smallest absolute Gasteiger partial charge is 0.262 e. The van der Waals surface area contributed by atoms with Gasteiger partial charge in [0.15, 0.2) is 6.61 Å². The number of nitrogens with one attached hydrogen (secondary N) is 2. The third kappa shape index (κ3) is 5.95. The van der Waals surface area contributed by atoms with Gasteiger partial charge in [0.05, 0.1) is 17.7 Å². The van der Waals surface area contributed by atoms with E-state index in [1.165, 1.54) is 25.3 Å². The van der Waals surface area contributed by atoms with Gasteiger partial charge in [0.2, 0.25) is 10.0 Å². The molecule has 0 aliphatic rings. The summed E-state index contributed by atoms with van der Waals surface area (Å²) in [5.74, 6) is 0.569. The molecule has 0 saturated heterocycles. The van der Waals surface area contributed by atoms with Gasteiger partial charge < -0.3 is 14.8 Å². The van der Waals surface area contributed by atoms with Crippen LogP contribution in [0.5, 0.6) is 11.5 Å². The van der Waals surface area contributed by atoms with Crippen molar-refractivity contribution in [1.29, 1.82) is 0 Å². The summed E-state index contributed by atoms with van der Waals surface area (Å²) in [7, 11) is -2.26. The molecule has 29 heavy (non-hydrogen) atoms. The van der Waals surface area contributed by atoms with Crippen LogP contribution in [0.1, 0.15) is 30.5 Å². The molecule has 2 rings (SSSR count). The van der Waals surface area contributed by atoms with Crippen LogP contribution in [-0.4, -0.2) is 34.1 Å². The van der Waals surface area contributed by atoms with Crippen LogP contribution in [0.25, 0.3) is 0 Å². The minimum Gasteiger partial charge on any atom is -0.495 e. The molecule has 0 heterocycles. The lowest BCUT2D eigenvalue weighted by molar-refractivity contribution is -0.118. The van der Waals surface area contributed by atoms with Crippen molar-refractivity contribution in [1.82, 2.24) is 4.72 Å². The molecule has 0 aromatic heterocycles. The molecule has 2 aromatic rings. The molecule has 0 atom stereocenters. The van der Waals surface area contributed by atoms with Crippen LogP contribution >= 0.6 is 0 Å². The summed E-state index contributed by atoms with van der Waals surface area (Å²) in [4.78, 5) is 12.5. The molecule has 0 radical (unpaired) electrons. The first-order chi connectivity index (χ1) is 13.5. The zero-order valence-electron chi connectivity index (χ0n) is 17.6. The number of hydrogen-bond acceptors (Lipinski definition) is 5. The highest BCUT2D eigenvalue weighted by Crippen LogP contribution is 2.28. The Balaban J connectivity index is 2.18. The lowest BCUT2D eigenvalue weighted by Gasteiger charge is -2.15. The monoisotopic (exact) mass is 420 g/mol. The van der Waals surface area contributed by atoms with E-state index < -0.39 is 15.9 Å². The lowest BCUT2D eigenvalue weighted by Crippen LogP contribution is -2.30. The van der Waals surface area contributed by atoms with E-state index in [0.29, 0.717) is 11.5 Å². The highest BCUT2D eigenvalue weighted by atomic mass is 32.2. The fourth-order valence-corrected chi connectivity index (χ4v) is 4.09. The molecular weight excluding hydrogens is 392 g/mol. The van der Waals surface area contributed by atoms with Crippen molar-refractivity contribution < 1.29 is 22.7 Å². The summed E-state index contributed by atoms with van der Waals surface area (Å²) in [6.45, 7) is 9.13. The summed E-state index contributed by atoms with van der Waals surface area (Å²) in [5, 5.41) is 2.67. The van der Waals surface area contributed by atoms with Gasteiger partial charge in [-0.3, -0.25) is 4.79 Å². The Kier molecular flexibility index (Phi) is 7.26. The van der Waals surface area contributed by atoms with Crippen molar-refractivity contribution in [2.45, 2.75) is 45.6 Å². The quantitative estimate of drug-likeness (QED) is 0.683. The van der Waals surface area contributed by atoms with Crippen LogP contribution in [0.15, 0.2) is 35.2 Å². The van der Waals surface area contributed by atoms with Crippen LogP contribution in [-0.2, 0) is 14.8 Å². The maximum absolute atomic E-state index is 12.4. The molecule has 0 aliphatic heterocycles. The van der Waals surface area contributed by atoms with Crippen LogP contribution < -0.4 is 19.5 Å². The van der Waals surface area contributed by atoms with E-state index in [2.05, 4.69) is 10.0 Å². The maximum Gasteiger partial charge on any atom is 0.262 e. The van der Waals surface area contributed by atoms with E-state index >= 15 is 0 Å². The molecule has 0 fully saturated rings. The third-order valence-electron chi connectivity index (χ3n) is 4.27. The Labute approximate surface area is 172 Å². The first kappa shape index (κ1) is 22.7. The van der Waals surface area contributed by atoms with Gasteiger partial charge >= 0.3 is 0 Å². The van der Waals surface area contributed by atoms with Crippen LogP contribution in [0.4, 0.5) is 5.69 Å². The molecule has 2 aromatic carbocycles. The van der Waals surface area contributed by atoms with Crippen LogP contribution in [0, 0.1) is 20.8 Å². The molecule has 0 bridgehead atoms. The minimum atomic E-state index is -3.70. The second-order valence-corrected chi connectivity index (χ2v) is 8.89. The predicted octanol–water partition coefficient (Wildman–Crippen LogP) is 3.32. The number of benzene rings is 2. The molecule has 0 spiro atoms. The number of aryl methyl sites for hydroxylation is 2. The van der Waals surface area contributed by atoms with Crippen molar-refractivity contribution in [3.63, 3.8) is 0 Å². The van der Waals surface area contributed by atoms with E-state index in [1.54, 1.807) is 13.8 Å². The number of amides is 1. The Morgan fingerprint density at radius 2 is 1.76 bits per heavy atom. The van der Waals surface area contributed by atoms with Crippen molar-refractivity contribution in [2.75, 3.05) is 19.0 Å². The molecular formula is C21H28N2O5S. The van der Waals surface area contributed by atoms with E-state index in [4.69, 9.17) is 9.47 Å². The first-order valence-corrected chi connectivity index (χ1v) is 10.7. The predicted molar refractivity (Wildman–Crippen MR) is 113 cm³/mol. The SMILES string of the molecule is COc1ccc(S(=O)(=O)NC(C)C)cc1NC(=O)COc1cc(C)cc(C)c1C. The maximum atomic E-state index is 12.4. The molecule has 2 N–H and O–H groups in total. The standard InChI is InChI=1S/C21H28N2O5S/c1-13(2)23-29(25,26)17-7-8-19(27-6)18(11-17)22-21(24)12-28-20-10-14(3)9-15(4)16(20)5/h7-11,13,23H,12H2,1-6H3,(H,22,24). The molecule has 158 valence electrons. The summed E-state index contributed by atoms with van der Waals surface area (Å²) in [5.41, 5.74) is 3.34. The number of sulfonamides is 1. The lowest BCUT2D eigenvalue weighted by atomic mass is 10.1. The second-order valence-electron chi connectivity index (χ2n) is 7.18. The number of carbonyl (C=O) groups is 1. The summed E-state index contributed by atoms with van der Waals surface area (Å²) in [6, 6.07) is 7.96. The Hall–Kier alpha value is -2.58. The molecule has 7 nitrogen and oxygen atoms in total. The first-order valence-electron chi connectivity index (χ1n) is 9.24. The molecule has 0 unspecified atom stereocenters. The number of anilines is 1. The van der Waals surface area contributed by atoms with Gasteiger partial charge in [0, 0.05) is 6.04 Å². The zero-order chi connectivity index (χ0) is 21.8. The van der Waals surface area contributed by atoms with Gasteiger partial charge in [-0.15, -0.1) is 0 Å². The topological polar surface area (TPSA) is 93.7 Å². The zero-order valence-corrected chi connectivity index (χ0v) is 18.4. The highest BCUT2D eigenvalue weighted by molar-refractivity contribution is 7.89. The van der Waals surface area contributed by atoms with E-state index in [1.807, 2.05) is 32.9 Å². The van der Waals surface area contributed by atoms with Gasteiger partial charge in [0.1, 0.15) is 11.5 Å². The fourth-order valence-electron chi connectivity index (χ4n) is 2.81. The highest BCUT2D eigenvalue weighted by Gasteiger charge is 2.19. The summed E-state index contributed by atoms with van der Waals surface area (Å²) >= 11 is 0. The number of methoxy groups -OCH3 is 1. The minimum absolute atomic E-state index is 0.0355. The molecule has 0 saturated carbocycles. The van der Waals surface area contributed by atoms with Gasteiger partial charge in [-0.05, 0) is 75.6 Å². The Bertz CT molecular complexity index is 1000. The molecule has 8 heteroatoms. The second kappa shape index (κ2) is 9.28. The van der Waals surface area contributed by atoms with Crippen LogP contribution in [0.3, 0.4) is 0 Å². The number of carbonyl (C=O) groups excluding carboxylic acids is 1. The third-order valence-corrected chi connectivity index (χ3v) is 5.93. The van der Waals surface area contributed by atoms with Crippen molar-refractivity contribution in [3.8, 4) is 11.5 Å². The number of ether oxygens (including phenoxy) is 2. The van der Waals surface area contributed by atoms with Gasteiger partial charge in [-0.1, -0.05) is 6.07 Å². The number of rotatable bonds is 8.